The summed E-state index contributed by atoms with van der Waals surface area (Å²) in [6.07, 6.45) is 3.95. The van der Waals surface area contributed by atoms with E-state index in [9.17, 15) is 4.79 Å². The van der Waals surface area contributed by atoms with E-state index in [0.717, 1.165) is 42.4 Å². The maximum Gasteiger partial charge on any atom is 0.410 e. The number of aromatic nitrogens is 5. The third-order valence-electron chi connectivity index (χ3n) is 5.59. The summed E-state index contributed by atoms with van der Waals surface area (Å²) in [5, 5.41) is 8.97. The van der Waals surface area contributed by atoms with E-state index in [4.69, 9.17) is 16.3 Å². The molecule has 1 atom stereocenters. The molecule has 2 aliphatic heterocycles. The van der Waals surface area contributed by atoms with Gasteiger partial charge in [-0.2, -0.15) is 4.98 Å². The number of carbonyl (C=O) groups excluding carboxylic acids is 1. The summed E-state index contributed by atoms with van der Waals surface area (Å²) in [4.78, 5) is 25.3. The van der Waals surface area contributed by atoms with Gasteiger partial charge in [0.15, 0.2) is 11.6 Å². The zero-order chi connectivity index (χ0) is 21.6. The Bertz CT molecular complexity index is 947. The highest BCUT2D eigenvalue weighted by atomic mass is 35.5. The van der Waals surface area contributed by atoms with Crippen LogP contribution in [0.25, 0.3) is 5.69 Å². The standard InChI is InChI=1S/C20H28ClN7O2/c1-6-14-17-25-24-12(2)27(17)15-11-22-18(21)23-16(15)28(14)13-7-9-26(10-8-13)19(29)30-20(3,4)5/h11,13-14H,6-10H2,1-5H3. The number of halogens is 1. The predicted octanol–water partition coefficient (Wildman–Crippen LogP) is 3.69. The minimum atomic E-state index is -0.497. The quantitative estimate of drug-likeness (QED) is 0.667. The number of fused-ring (bicyclic) bond motifs is 3. The zero-order valence-electron chi connectivity index (χ0n) is 18.1. The molecule has 0 spiro atoms. The van der Waals surface area contributed by atoms with E-state index in [1.807, 2.05) is 32.3 Å². The van der Waals surface area contributed by atoms with Crippen LogP contribution >= 0.6 is 11.6 Å². The van der Waals surface area contributed by atoms with Crippen molar-refractivity contribution in [1.82, 2.24) is 29.6 Å². The molecule has 4 heterocycles. The van der Waals surface area contributed by atoms with Crippen LogP contribution in [0.5, 0.6) is 0 Å². The number of hydrogen-bond donors (Lipinski definition) is 0. The fourth-order valence-corrected chi connectivity index (χ4v) is 4.45. The third-order valence-corrected chi connectivity index (χ3v) is 5.77. The molecule has 0 saturated carbocycles. The largest absolute Gasteiger partial charge is 0.444 e. The van der Waals surface area contributed by atoms with Crippen molar-refractivity contribution in [2.45, 2.75) is 71.6 Å². The van der Waals surface area contributed by atoms with Crippen molar-refractivity contribution in [3.8, 4) is 5.69 Å². The molecule has 1 saturated heterocycles. The maximum absolute atomic E-state index is 12.5. The number of hydrogen-bond acceptors (Lipinski definition) is 7. The van der Waals surface area contributed by atoms with Gasteiger partial charge in [-0.3, -0.25) is 4.57 Å². The first kappa shape index (κ1) is 20.8. The zero-order valence-corrected chi connectivity index (χ0v) is 18.8. The minimum Gasteiger partial charge on any atom is -0.444 e. The van der Waals surface area contributed by atoms with Crippen LogP contribution < -0.4 is 4.90 Å². The van der Waals surface area contributed by atoms with Crippen LogP contribution in [0, 0.1) is 6.92 Å². The van der Waals surface area contributed by atoms with Crippen molar-refractivity contribution in [3.05, 3.63) is 23.1 Å². The van der Waals surface area contributed by atoms with Gasteiger partial charge in [-0.05, 0) is 58.6 Å². The Morgan fingerprint density at radius 2 is 1.97 bits per heavy atom. The second-order valence-electron chi connectivity index (χ2n) is 8.82. The van der Waals surface area contributed by atoms with Crippen molar-refractivity contribution >= 4 is 23.5 Å². The number of piperidine rings is 1. The van der Waals surface area contributed by atoms with E-state index < -0.39 is 5.60 Å². The summed E-state index contributed by atoms with van der Waals surface area (Å²) in [6.45, 7) is 11.0. The molecule has 2 aromatic rings. The Kier molecular flexibility index (Phi) is 5.34. The summed E-state index contributed by atoms with van der Waals surface area (Å²) in [5.41, 5.74) is 0.346. The highest BCUT2D eigenvalue weighted by Crippen LogP contribution is 2.42. The van der Waals surface area contributed by atoms with Crippen molar-refractivity contribution in [2.75, 3.05) is 18.0 Å². The minimum absolute atomic E-state index is 0.0303. The number of anilines is 1. The van der Waals surface area contributed by atoms with Crippen LogP contribution in [0.2, 0.25) is 5.28 Å². The van der Waals surface area contributed by atoms with Crippen molar-refractivity contribution < 1.29 is 9.53 Å². The normalized spacial score (nSPS) is 19.5. The molecule has 2 aromatic heterocycles. The molecule has 0 radical (unpaired) electrons. The lowest BCUT2D eigenvalue weighted by Crippen LogP contribution is -2.50. The lowest BCUT2D eigenvalue weighted by molar-refractivity contribution is 0.0202. The Balaban J connectivity index is 1.62. The first-order chi connectivity index (χ1) is 14.2. The molecule has 0 aliphatic carbocycles. The summed E-state index contributed by atoms with van der Waals surface area (Å²) < 4.78 is 7.56. The molecule has 1 amide bonds. The molecule has 0 aromatic carbocycles. The van der Waals surface area contributed by atoms with Crippen LogP contribution in [0.4, 0.5) is 10.6 Å². The summed E-state index contributed by atoms with van der Waals surface area (Å²) in [6, 6.07) is 0.229. The van der Waals surface area contributed by atoms with E-state index in [1.54, 1.807) is 11.1 Å². The van der Waals surface area contributed by atoms with Crippen LogP contribution in [0.15, 0.2) is 6.20 Å². The lowest BCUT2D eigenvalue weighted by Gasteiger charge is -2.45. The van der Waals surface area contributed by atoms with E-state index in [-0.39, 0.29) is 23.5 Å². The summed E-state index contributed by atoms with van der Waals surface area (Å²) in [7, 11) is 0. The van der Waals surface area contributed by atoms with E-state index in [1.165, 1.54) is 0 Å². The van der Waals surface area contributed by atoms with Gasteiger partial charge in [0.05, 0.1) is 12.2 Å². The number of carbonyl (C=O) groups is 1. The highest BCUT2D eigenvalue weighted by molar-refractivity contribution is 6.28. The maximum atomic E-state index is 12.5. The van der Waals surface area contributed by atoms with Crippen LogP contribution in [0.3, 0.4) is 0 Å². The van der Waals surface area contributed by atoms with Crippen molar-refractivity contribution in [2.24, 2.45) is 0 Å². The first-order valence-corrected chi connectivity index (χ1v) is 10.8. The second kappa shape index (κ2) is 7.68. The number of amides is 1. The Morgan fingerprint density at radius 1 is 1.27 bits per heavy atom. The van der Waals surface area contributed by atoms with Gasteiger partial charge in [-0.1, -0.05) is 6.92 Å². The Morgan fingerprint density at radius 3 is 2.60 bits per heavy atom. The number of nitrogens with zero attached hydrogens (tertiary/aromatic N) is 7. The average Bonchev–Trinajstić information content (AvgIpc) is 3.07. The predicted molar refractivity (Wildman–Crippen MR) is 113 cm³/mol. The van der Waals surface area contributed by atoms with E-state index in [2.05, 4.69) is 32.0 Å². The molecule has 9 nitrogen and oxygen atoms in total. The van der Waals surface area contributed by atoms with Gasteiger partial charge in [0, 0.05) is 19.1 Å². The molecule has 162 valence electrons. The van der Waals surface area contributed by atoms with E-state index >= 15 is 0 Å². The molecule has 0 N–H and O–H groups in total. The molecule has 4 rings (SSSR count). The van der Waals surface area contributed by atoms with Crippen LogP contribution in [-0.4, -0.2) is 60.5 Å². The highest BCUT2D eigenvalue weighted by Gasteiger charge is 2.40. The van der Waals surface area contributed by atoms with Gasteiger partial charge in [-0.15, -0.1) is 10.2 Å². The topological polar surface area (TPSA) is 89.3 Å². The molecule has 30 heavy (non-hydrogen) atoms. The third kappa shape index (κ3) is 3.71. The Hall–Kier alpha value is -2.42. The molecule has 1 fully saturated rings. The number of rotatable bonds is 2. The van der Waals surface area contributed by atoms with Crippen LogP contribution in [0.1, 0.15) is 64.6 Å². The smallest absolute Gasteiger partial charge is 0.410 e. The lowest BCUT2D eigenvalue weighted by atomic mass is 9.98. The SMILES string of the molecule is CCC1c2nnc(C)n2-c2cnc(Cl)nc2N1C1CCN(C(=O)OC(C)(C)C)CC1. The molecular weight excluding hydrogens is 406 g/mol. The van der Waals surface area contributed by atoms with Crippen molar-refractivity contribution in [3.63, 3.8) is 0 Å². The molecular formula is C20H28ClN7O2. The second-order valence-corrected chi connectivity index (χ2v) is 9.16. The fraction of sp³-hybridized carbons (Fsp3) is 0.650. The molecule has 10 heteroatoms. The van der Waals surface area contributed by atoms with Gasteiger partial charge in [0.25, 0.3) is 0 Å². The summed E-state index contributed by atoms with van der Waals surface area (Å²) >= 11 is 6.18. The van der Waals surface area contributed by atoms with Gasteiger partial charge in [0.1, 0.15) is 17.1 Å². The van der Waals surface area contributed by atoms with Gasteiger partial charge in [-0.25, -0.2) is 9.78 Å². The van der Waals surface area contributed by atoms with E-state index in [0.29, 0.717) is 13.1 Å². The van der Waals surface area contributed by atoms with Gasteiger partial charge < -0.3 is 14.5 Å². The number of likely N-dealkylation sites (tertiary alicyclic amines) is 1. The number of aryl methyl sites for hydroxylation is 1. The van der Waals surface area contributed by atoms with Crippen molar-refractivity contribution in [1.29, 1.82) is 0 Å². The molecule has 0 bridgehead atoms. The first-order valence-electron chi connectivity index (χ1n) is 10.4. The fourth-order valence-electron chi connectivity index (χ4n) is 4.32. The monoisotopic (exact) mass is 433 g/mol. The van der Waals surface area contributed by atoms with Gasteiger partial charge in [0.2, 0.25) is 5.28 Å². The number of ether oxygens (including phenoxy) is 1. The Labute approximate surface area is 181 Å². The van der Waals surface area contributed by atoms with Crippen LogP contribution in [-0.2, 0) is 4.74 Å². The molecule has 1 unspecified atom stereocenters. The summed E-state index contributed by atoms with van der Waals surface area (Å²) in [5.74, 6) is 2.49. The average molecular weight is 434 g/mol. The van der Waals surface area contributed by atoms with Gasteiger partial charge >= 0.3 is 6.09 Å². The molecule has 2 aliphatic rings.